The first-order valence-corrected chi connectivity index (χ1v) is 10.5. The number of piperidine rings is 1. The summed E-state index contributed by atoms with van der Waals surface area (Å²) in [5, 5.41) is 0. The summed E-state index contributed by atoms with van der Waals surface area (Å²) in [5.41, 5.74) is 1.36. The number of hydrogen-bond donors (Lipinski definition) is 0. The Morgan fingerprint density at radius 3 is 2.63 bits per heavy atom. The van der Waals surface area contributed by atoms with Crippen LogP contribution in [0.1, 0.15) is 35.4 Å². The molecule has 4 rings (SSSR count). The van der Waals surface area contributed by atoms with Gasteiger partial charge in [-0.25, -0.2) is 15.0 Å². The Morgan fingerprint density at radius 1 is 1.13 bits per heavy atom. The minimum absolute atomic E-state index is 0.00487. The zero-order chi connectivity index (χ0) is 20.9. The SMILES string of the molecule is Cc1cccc(C(=O)N2CCC(CN3CC(COc4ncccn4)CC3=O)CC2)n1. The average molecular weight is 409 g/mol. The smallest absolute Gasteiger partial charge is 0.316 e. The van der Waals surface area contributed by atoms with E-state index in [1.165, 1.54) is 0 Å². The number of carbonyl (C=O) groups excluding carboxylic acids is 2. The van der Waals surface area contributed by atoms with Crippen LogP contribution >= 0.6 is 0 Å². The number of pyridine rings is 1. The Labute approximate surface area is 176 Å². The van der Waals surface area contributed by atoms with Crippen molar-refractivity contribution in [3.8, 4) is 6.01 Å². The van der Waals surface area contributed by atoms with Crippen molar-refractivity contribution in [1.82, 2.24) is 24.8 Å². The molecule has 2 saturated heterocycles. The summed E-state index contributed by atoms with van der Waals surface area (Å²) in [6, 6.07) is 7.62. The molecule has 1 unspecified atom stereocenters. The second kappa shape index (κ2) is 9.19. The largest absolute Gasteiger partial charge is 0.463 e. The van der Waals surface area contributed by atoms with Gasteiger partial charge in [-0.15, -0.1) is 0 Å². The molecule has 8 nitrogen and oxygen atoms in total. The molecule has 0 aliphatic carbocycles. The van der Waals surface area contributed by atoms with Gasteiger partial charge in [-0.2, -0.15) is 0 Å². The number of amides is 2. The highest BCUT2D eigenvalue weighted by Gasteiger charge is 2.33. The Hall–Kier alpha value is -3.03. The number of carbonyl (C=O) groups is 2. The molecule has 0 N–H and O–H groups in total. The molecule has 0 spiro atoms. The van der Waals surface area contributed by atoms with E-state index in [4.69, 9.17) is 4.74 Å². The van der Waals surface area contributed by atoms with Crippen molar-refractivity contribution < 1.29 is 14.3 Å². The van der Waals surface area contributed by atoms with Crippen LogP contribution in [0.25, 0.3) is 0 Å². The molecule has 0 saturated carbocycles. The van der Waals surface area contributed by atoms with Crippen LogP contribution in [0.2, 0.25) is 0 Å². The average Bonchev–Trinajstić information content (AvgIpc) is 3.12. The lowest BCUT2D eigenvalue weighted by Gasteiger charge is -2.33. The van der Waals surface area contributed by atoms with Gasteiger partial charge in [-0.3, -0.25) is 9.59 Å². The third kappa shape index (κ3) is 4.93. The number of aromatic nitrogens is 3. The van der Waals surface area contributed by atoms with Crippen molar-refractivity contribution in [2.45, 2.75) is 26.2 Å². The quantitative estimate of drug-likeness (QED) is 0.725. The van der Waals surface area contributed by atoms with Crippen LogP contribution < -0.4 is 4.74 Å². The van der Waals surface area contributed by atoms with E-state index < -0.39 is 0 Å². The zero-order valence-corrected chi connectivity index (χ0v) is 17.2. The van der Waals surface area contributed by atoms with Gasteiger partial charge in [0.05, 0.1) is 6.61 Å². The maximum Gasteiger partial charge on any atom is 0.316 e. The number of rotatable bonds is 6. The number of hydrogen-bond acceptors (Lipinski definition) is 6. The van der Waals surface area contributed by atoms with E-state index in [0.717, 1.165) is 25.1 Å². The van der Waals surface area contributed by atoms with E-state index in [-0.39, 0.29) is 17.7 Å². The van der Waals surface area contributed by atoms with E-state index in [2.05, 4.69) is 15.0 Å². The maximum absolute atomic E-state index is 12.7. The molecule has 2 aliphatic heterocycles. The molecule has 1 atom stereocenters. The Kier molecular flexibility index (Phi) is 6.21. The lowest BCUT2D eigenvalue weighted by atomic mass is 9.96. The van der Waals surface area contributed by atoms with Gasteiger partial charge in [0, 0.05) is 56.6 Å². The van der Waals surface area contributed by atoms with Crippen LogP contribution in [0.5, 0.6) is 6.01 Å². The highest BCUT2D eigenvalue weighted by Crippen LogP contribution is 2.24. The van der Waals surface area contributed by atoms with Gasteiger partial charge in [0.2, 0.25) is 5.91 Å². The van der Waals surface area contributed by atoms with Gasteiger partial charge < -0.3 is 14.5 Å². The van der Waals surface area contributed by atoms with Crippen LogP contribution in [-0.4, -0.2) is 69.4 Å². The molecular formula is C22H27N5O3. The summed E-state index contributed by atoms with van der Waals surface area (Å²) in [6.07, 6.45) is 5.59. The van der Waals surface area contributed by atoms with Crippen LogP contribution in [0.15, 0.2) is 36.7 Å². The molecule has 2 aliphatic rings. The lowest BCUT2D eigenvalue weighted by molar-refractivity contribution is -0.128. The predicted molar refractivity (Wildman–Crippen MR) is 110 cm³/mol. The van der Waals surface area contributed by atoms with Gasteiger partial charge in [-0.1, -0.05) is 6.07 Å². The first kappa shape index (κ1) is 20.3. The fourth-order valence-electron chi connectivity index (χ4n) is 4.15. The van der Waals surface area contributed by atoms with Crippen molar-refractivity contribution in [2.75, 3.05) is 32.8 Å². The first-order valence-electron chi connectivity index (χ1n) is 10.5. The first-order chi connectivity index (χ1) is 14.6. The third-order valence-corrected chi connectivity index (χ3v) is 5.77. The lowest BCUT2D eigenvalue weighted by Crippen LogP contribution is -2.42. The molecule has 158 valence electrons. The maximum atomic E-state index is 12.7. The molecule has 8 heteroatoms. The summed E-state index contributed by atoms with van der Waals surface area (Å²) in [4.78, 5) is 41.4. The zero-order valence-electron chi connectivity index (χ0n) is 17.2. The molecule has 2 fully saturated rings. The van der Waals surface area contributed by atoms with Gasteiger partial charge in [-0.05, 0) is 43.9 Å². The van der Waals surface area contributed by atoms with Crippen LogP contribution in [-0.2, 0) is 4.79 Å². The van der Waals surface area contributed by atoms with Crippen molar-refractivity contribution in [3.63, 3.8) is 0 Å². The number of likely N-dealkylation sites (tertiary alicyclic amines) is 2. The molecule has 0 bridgehead atoms. The predicted octanol–water partition coefficient (Wildman–Crippen LogP) is 1.96. The van der Waals surface area contributed by atoms with Crippen LogP contribution in [0.4, 0.5) is 0 Å². The Morgan fingerprint density at radius 2 is 1.90 bits per heavy atom. The summed E-state index contributed by atoms with van der Waals surface area (Å²) in [5.74, 6) is 0.755. The molecule has 30 heavy (non-hydrogen) atoms. The molecule has 2 aromatic rings. The Bertz CT molecular complexity index is 883. The second-order valence-electron chi connectivity index (χ2n) is 8.11. The number of nitrogens with zero attached hydrogens (tertiary/aromatic N) is 5. The second-order valence-corrected chi connectivity index (χ2v) is 8.11. The summed E-state index contributed by atoms with van der Waals surface area (Å²) < 4.78 is 5.62. The van der Waals surface area contributed by atoms with E-state index in [0.29, 0.717) is 50.3 Å². The van der Waals surface area contributed by atoms with Crippen LogP contribution in [0.3, 0.4) is 0 Å². The highest BCUT2D eigenvalue weighted by atomic mass is 16.5. The monoisotopic (exact) mass is 409 g/mol. The molecular weight excluding hydrogens is 382 g/mol. The van der Waals surface area contributed by atoms with E-state index in [1.807, 2.05) is 28.9 Å². The normalized spacial score (nSPS) is 19.9. The van der Waals surface area contributed by atoms with Crippen molar-refractivity contribution in [2.24, 2.45) is 11.8 Å². The van der Waals surface area contributed by atoms with E-state index in [1.54, 1.807) is 24.5 Å². The topological polar surface area (TPSA) is 88.5 Å². The van der Waals surface area contributed by atoms with Crippen LogP contribution in [0, 0.1) is 18.8 Å². The van der Waals surface area contributed by atoms with Gasteiger partial charge in [0.1, 0.15) is 5.69 Å². The van der Waals surface area contributed by atoms with Gasteiger partial charge in [0.25, 0.3) is 5.91 Å². The van der Waals surface area contributed by atoms with Crippen molar-refractivity contribution >= 4 is 11.8 Å². The molecule has 4 heterocycles. The molecule has 0 aromatic carbocycles. The fourth-order valence-corrected chi connectivity index (χ4v) is 4.15. The Balaban J connectivity index is 1.23. The molecule has 2 aromatic heterocycles. The molecule has 0 radical (unpaired) electrons. The van der Waals surface area contributed by atoms with E-state index >= 15 is 0 Å². The van der Waals surface area contributed by atoms with Gasteiger partial charge >= 0.3 is 6.01 Å². The highest BCUT2D eigenvalue weighted by molar-refractivity contribution is 5.92. The minimum Gasteiger partial charge on any atom is -0.463 e. The standard InChI is InChI=1S/C22H27N5O3/c1-16-4-2-5-19(25-16)21(29)26-10-6-17(7-11-26)13-27-14-18(12-20(27)28)15-30-22-23-8-3-9-24-22/h2-5,8-9,17-18H,6-7,10-15H2,1H3. The summed E-state index contributed by atoms with van der Waals surface area (Å²) in [6.45, 7) is 5.21. The third-order valence-electron chi connectivity index (χ3n) is 5.77. The van der Waals surface area contributed by atoms with Crippen molar-refractivity contribution in [3.05, 3.63) is 48.0 Å². The summed E-state index contributed by atoms with van der Waals surface area (Å²) >= 11 is 0. The fraction of sp³-hybridized carbons (Fsp3) is 0.500. The minimum atomic E-state index is -0.00487. The molecule has 2 amide bonds. The van der Waals surface area contributed by atoms with E-state index in [9.17, 15) is 9.59 Å². The summed E-state index contributed by atoms with van der Waals surface area (Å²) in [7, 11) is 0. The number of aryl methyl sites for hydroxylation is 1. The van der Waals surface area contributed by atoms with Gasteiger partial charge in [0.15, 0.2) is 0 Å². The number of ether oxygens (including phenoxy) is 1. The van der Waals surface area contributed by atoms with Crippen molar-refractivity contribution in [1.29, 1.82) is 0 Å².